The number of nitrogens with one attached hydrogen (secondary N) is 2. The van der Waals surface area contributed by atoms with E-state index in [0.717, 1.165) is 24.0 Å². The molecule has 0 aliphatic heterocycles. The molecule has 2 aromatic carbocycles. The van der Waals surface area contributed by atoms with Crippen LogP contribution in [-0.4, -0.2) is 61.7 Å². The Hall–Kier alpha value is -3.52. The second-order valence-electron chi connectivity index (χ2n) is 8.42. The van der Waals surface area contributed by atoms with E-state index in [4.69, 9.17) is 9.47 Å². The molecule has 0 bridgehead atoms. The molecule has 0 spiro atoms. The average molecular weight is 453 g/mol. The van der Waals surface area contributed by atoms with Gasteiger partial charge in [-0.1, -0.05) is 0 Å². The van der Waals surface area contributed by atoms with Gasteiger partial charge in [0.05, 0.1) is 7.11 Å². The van der Waals surface area contributed by atoms with Gasteiger partial charge in [-0.2, -0.15) is 0 Å². The summed E-state index contributed by atoms with van der Waals surface area (Å²) in [5.74, 6) is 0.297. The lowest BCUT2D eigenvalue weighted by atomic mass is 10.1. The summed E-state index contributed by atoms with van der Waals surface area (Å²) in [5.41, 5.74) is 2.26. The number of carbonyl (C=O) groups excluding carboxylic acids is 2. The van der Waals surface area contributed by atoms with Crippen LogP contribution in [0.1, 0.15) is 24.2 Å². The van der Waals surface area contributed by atoms with Crippen molar-refractivity contribution >= 4 is 28.4 Å². The van der Waals surface area contributed by atoms with Crippen molar-refractivity contribution < 1.29 is 19.1 Å². The van der Waals surface area contributed by atoms with Crippen LogP contribution >= 0.6 is 0 Å². The Morgan fingerprint density at radius 1 is 1.06 bits per heavy atom. The highest BCUT2D eigenvalue weighted by molar-refractivity contribution is 6.05. The molecule has 3 aromatic rings. The van der Waals surface area contributed by atoms with Crippen LogP contribution in [-0.2, 0) is 11.3 Å². The number of carbonyl (C=O) groups is 2. The Kier molecular flexibility index (Phi) is 7.95. The molecule has 0 saturated heterocycles. The minimum absolute atomic E-state index is 0.0323. The van der Waals surface area contributed by atoms with E-state index in [-0.39, 0.29) is 24.5 Å². The van der Waals surface area contributed by atoms with Crippen LogP contribution in [0, 0.1) is 0 Å². The molecular formula is C25H32N4O4. The smallest absolute Gasteiger partial charge is 0.258 e. The van der Waals surface area contributed by atoms with Gasteiger partial charge in [0, 0.05) is 47.5 Å². The Bertz CT molecular complexity index is 1120. The SMILES string of the molecule is COc1cc(C(=O)Nc2ccc3c(ccn3CCN(C)C)c2)ccc1OCC(=O)NC(C)C. The van der Waals surface area contributed by atoms with Gasteiger partial charge in [-0.15, -0.1) is 0 Å². The minimum atomic E-state index is -0.260. The molecule has 1 aromatic heterocycles. The van der Waals surface area contributed by atoms with Gasteiger partial charge in [0.25, 0.3) is 11.8 Å². The molecule has 0 atom stereocenters. The molecule has 0 unspecified atom stereocenters. The first-order valence-corrected chi connectivity index (χ1v) is 10.9. The van der Waals surface area contributed by atoms with Crippen LogP contribution in [0.3, 0.4) is 0 Å². The number of hydrogen-bond acceptors (Lipinski definition) is 5. The number of methoxy groups -OCH3 is 1. The first kappa shape index (κ1) is 24.1. The molecule has 0 fully saturated rings. The highest BCUT2D eigenvalue weighted by atomic mass is 16.5. The van der Waals surface area contributed by atoms with Crippen molar-refractivity contribution in [2.75, 3.05) is 39.7 Å². The molecule has 0 radical (unpaired) electrons. The van der Waals surface area contributed by atoms with E-state index in [1.165, 1.54) is 7.11 Å². The van der Waals surface area contributed by atoms with Crippen LogP contribution < -0.4 is 20.1 Å². The molecular weight excluding hydrogens is 420 g/mol. The standard InChI is InChI=1S/C25H32N4O4/c1-17(2)26-24(30)16-33-22-9-6-19(15-23(22)32-5)25(31)27-20-7-8-21-18(14-20)10-11-29(21)13-12-28(3)4/h6-11,14-15,17H,12-13,16H2,1-5H3,(H,26,30)(H,27,31). The predicted octanol–water partition coefficient (Wildman–Crippen LogP) is 3.37. The molecule has 0 saturated carbocycles. The van der Waals surface area contributed by atoms with E-state index in [1.807, 2.05) is 38.1 Å². The summed E-state index contributed by atoms with van der Waals surface area (Å²) >= 11 is 0. The first-order valence-electron chi connectivity index (χ1n) is 10.9. The van der Waals surface area contributed by atoms with Crippen molar-refractivity contribution in [1.29, 1.82) is 0 Å². The summed E-state index contributed by atoms with van der Waals surface area (Å²) in [4.78, 5) is 26.8. The first-order chi connectivity index (χ1) is 15.8. The highest BCUT2D eigenvalue weighted by Gasteiger charge is 2.14. The van der Waals surface area contributed by atoms with E-state index in [9.17, 15) is 9.59 Å². The summed E-state index contributed by atoms with van der Waals surface area (Å²) in [6.45, 7) is 5.48. The summed E-state index contributed by atoms with van der Waals surface area (Å²) in [6, 6.07) is 12.8. The number of benzene rings is 2. The maximum absolute atomic E-state index is 12.8. The molecule has 8 heteroatoms. The maximum Gasteiger partial charge on any atom is 0.258 e. The Morgan fingerprint density at radius 2 is 1.85 bits per heavy atom. The van der Waals surface area contributed by atoms with Crippen LogP contribution in [0.25, 0.3) is 10.9 Å². The van der Waals surface area contributed by atoms with Crippen LogP contribution in [0.5, 0.6) is 11.5 Å². The van der Waals surface area contributed by atoms with Crippen molar-refractivity contribution in [1.82, 2.24) is 14.8 Å². The summed E-state index contributed by atoms with van der Waals surface area (Å²) in [5, 5.41) is 6.76. The van der Waals surface area contributed by atoms with Crippen molar-refractivity contribution in [2.24, 2.45) is 0 Å². The van der Waals surface area contributed by atoms with Gasteiger partial charge in [0.2, 0.25) is 0 Å². The van der Waals surface area contributed by atoms with Gasteiger partial charge < -0.3 is 29.6 Å². The highest BCUT2D eigenvalue weighted by Crippen LogP contribution is 2.29. The van der Waals surface area contributed by atoms with E-state index >= 15 is 0 Å². The molecule has 2 N–H and O–H groups in total. The molecule has 33 heavy (non-hydrogen) atoms. The van der Waals surface area contributed by atoms with Crippen molar-refractivity contribution in [2.45, 2.75) is 26.4 Å². The summed E-state index contributed by atoms with van der Waals surface area (Å²) in [7, 11) is 5.60. The maximum atomic E-state index is 12.8. The number of fused-ring (bicyclic) bond motifs is 1. The topological polar surface area (TPSA) is 84.8 Å². The van der Waals surface area contributed by atoms with Crippen LogP contribution in [0.4, 0.5) is 5.69 Å². The van der Waals surface area contributed by atoms with Crippen molar-refractivity contribution in [3.8, 4) is 11.5 Å². The third-order valence-electron chi connectivity index (χ3n) is 5.05. The fraction of sp³-hybridized carbons (Fsp3) is 0.360. The van der Waals surface area contributed by atoms with Gasteiger partial charge in [-0.3, -0.25) is 9.59 Å². The predicted molar refractivity (Wildman–Crippen MR) is 130 cm³/mol. The summed E-state index contributed by atoms with van der Waals surface area (Å²) in [6.07, 6.45) is 2.06. The fourth-order valence-corrected chi connectivity index (χ4v) is 3.42. The zero-order valence-electron chi connectivity index (χ0n) is 19.8. The van der Waals surface area contributed by atoms with E-state index in [0.29, 0.717) is 22.7 Å². The molecule has 1 heterocycles. The van der Waals surface area contributed by atoms with Gasteiger partial charge >= 0.3 is 0 Å². The lowest BCUT2D eigenvalue weighted by Gasteiger charge is -2.13. The van der Waals surface area contributed by atoms with E-state index < -0.39 is 0 Å². The monoisotopic (exact) mass is 452 g/mol. The zero-order valence-corrected chi connectivity index (χ0v) is 19.8. The minimum Gasteiger partial charge on any atom is -0.493 e. The van der Waals surface area contributed by atoms with Crippen molar-refractivity contribution in [3.63, 3.8) is 0 Å². The van der Waals surface area contributed by atoms with Gasteiger partial charge in [-0.05, 0) is 70.4 Å². The second kappa shape index (κ2) is 10.9. The fourth-order valence-electron chi connectivity index (χ4n) is 3.42. The molecule has 0 aliphatic rings. The number of ether oxygens (including phenoxy) is 2. The second-order valence-corrected chi connectivity index (χ2v) is 8.42. The van der Waals surface area contributed by atoms with Gasteiger partial charge in [0.1, 0.15) is 0 Å². The molecule has 0 aliphatic carbocycles. The lowest BCUT2D eigenvalue weighted by molar-refractivity contribution is -0.123. The van der Waals surface area contributed by atoms with Crippen molar-refractivity contribution in [3.05, 3.63) is 54.2 Å². The number of rotatable bonds is 10. The number of amides is 2. The normalized spacial score (nSPS) is 11.1. The molecule has 2 amide bonds. The third-order valence-corrected chi connectivity index (χ3v) is 5.05. The van der Waals surface area contributed by atoms with Gasteiger partial charge in [-0.25, -0.2) is 0 Å². The van der Waals surface area contributed by atoms with Crippen LogP contribution in [0.15, 0.2) is 48.7 Å². The quantitative estimate of drug-likeness (QED) is 0.493. The van der Waals surface area contributed by atoms with Crippen LogP contribution in [0.2, 0.25) is 0 Å². The Labute approximate surface area is 194 Å². The molecule has 8 nitrogen and oxygen atoms in total. The Balaban J connectivity index is 1.68. The lowest BCUT2D eigenvalue weighted by Crippen LogP contribution is -2.34. The summed E-state index contributed by atoms with van der Waals surface area (Å²) < 4.78 is 13.1. The molecule has 3 rings (SSSR count). The van der Waals surface area contributed by atoms with Gasteiger partial charge in [0.15, 0.2) is 18.1 Å². The van der Waals surface area contributed by atoms with E-state index in [1.54, 1.807) is 18.2 Å². The third kappa shape index (κ3) is 6.49. The zero-order chi connectivity index (χ0) is 24.0. The largest absolute Gasteiger partial charge is 0.493 e. The molecule has 176 valence electrons. The number of aromatic nitrogens is 1. The number of nitrogens with zero attached hydrogens (tertiary/aromatic N) is 2. The average Bonchev–Trinajstić information content (AvgIpc) is 3.17. The number of likely N-dealkylation sites (N-methyl/N-ethyl adjacent to an activating group) is 1. The van der Waals surface area contributed by atoms with E-state index in [2.05, 4.69) is 40.4 Å². The Morgan fingerprint density at radius 3 is 2.55 bits per heavy atom. The number of anilines is 1. The number of hydrogen-bond donors (Lipinski definition) is 2.